The van der Waals surface area contributed by atoms with Crippen molar-refractivity contribution in [1.29, 1.82) is 0 Å². The van der Waals surface area contributed by atoms with Gasteiger partial charge in [-0.1, -0.05) is 11.6 Å². The average Bonchev–Trinajstić information content (AvgIpc) is 3.22. The van der Waals surface area contributed by atoms with Crippen molar-refractivity contribution in [2.45, 2.75) is 11.4 Å². The van der Waals surface area contributed by atoms with Gasteiger partial charge in [0.15, 0.2) is 11.0 Å². The van der Waals surface area contributed by atoms with E-state index in [1.165, 1.54) is 24.9 Å². The minimum atomic E-state index is -2.07. The van der Waals surface area contributed by atoms with E-state index in [2.05, 4.69) is 9.36 Å². The molecular formula is C17H14ClF2N3O3S2. The van der Waals surface area contributed by atoms with E-state index in [0.29, 0.717) is 23.1 Å². The van der Waals surface area contributed by atoms with Crippen LogP contribution in [0.2, 0.25) is 5.02 Å². The third-order valence-electron chi connectivity index (χ3n) is 3.73. The van der Waals surface area contributed by atoms with E-state index in [1.54, 1.807) is 18.2 Å². The summed E-state index contributed by atoms with van der Waals surface area (Å²) >= 11 is 6.73. The number of nitrogens with zero attached hydrogens (tertiary/aromatic N) is 3. The highest BCUT2D eigenvalue weighted by Gasteiger charge is 2.25. The summed E-state index contributed by atoms with van der Waals surface area (Å²) in [5, 5.41) is -0.0416. The molecule has 3 rings (SSSR count). The van der Waals surface area contributed by atoms with Crippen LogP contribution in [0.15, 0.2) is 41.6 Å². The molecule has 0 aliphatic rings. The fourth-order valence-corrected chi connectivity index (χ4v) is 4.47. The van der Waals surface area contributed by atoms with E-state index in [9.17, 15) is 13.0 Å². The highest BCUT2D eigenvalue weighted by molar-refractivity contribution is 7.86. The molecule has 1 atom stereocenters. The first-order chi connectivity index (χ1) is 13.4. The zero-order valence-electron chi connectivity index (χ0n) is 14.7. The van der Waals surface area contributed by atoms with Gasteiger partial charge in [-0.15, -0.1) is 0 Å². The Morgan fingerprint density at radius 1 is 1.18 bits per heavy atom. The minimum absolute atomic E-state index is 0.0589. The Morgan fingerprint density at radius 3 is 2.61 bits per heavy atom. The van der Waals surface area contributed by atoms with Gasteiger partial charge in [0.25, 0.3) is 0 Å². The molecule has 148 valence electrons. The van der Waals surface area contributed by atoms with Gasteiger partial charge < -0.3 is 9.47 Å². The van der Waals surface area contributed by atoms with Gasteiger partial charge in [0.05, 0.1) is 30.7 Å². The lowest BCUT2D eigenvalue weighted by molar-refractivity contribution is 0.391. The number of halogens is 3. The first kappa shape index (κ1) is 20.4. The Morgan fingerprint density at radius 2 is 1.96 bits per heavy atom. The van der Waals surface area contributed by atoms with E-state index >= 15 is 0 Å². The first-order valence-corrected chi connectivity index (χ1v) is 10.0. The van der Waals surface area contributed by atoms with Crippen LogP contribution in [-0.2, 0) is 17.5 Å². The highest BCUT2D eigenvalue weighted by atomic mass is 35.5. The summed E-state index contributed by atoms with van der Waals surface area (Å²) in [7, 11) is 0.946. The van der Waals surface area contributed by atoms with Crippen molar-refractivity contribution in [2.24, 2.45) is 0 Å². The maximum Gasteiger partial charge on any atom is 0.217 e. The average molecular weight is 446 g/mol. The van der Waals surface area contributed by atoms with E-state index in [4.69, 9.17) is 21.1 Å². The molecule has 0 aliphatic heterocycles. The zero-order chi connectivity index (χ0) is 20.3. The van der Waals surface area contributed by atoms with Gasteiger partial charge in [-0.2, -0.15) is 4.37 Å². The lowest BCUT2D eigenvalue weighted by Gasteiger charge is -2.22. The van der Waals surface area contributed by atoms with Gasteiger partial charge in [0.2, 0.25) is 5.13 Å². The molecule has 1 unspecified atom stereocenters. The third-order valence-corrected chi connectivity index (χ3v) is 6.22. The van der Waals surface area contributed by atoms with Gasteiger partial charge in [0, 0.05) is 29.2 Å². The van der Waals surface area contributed by atoms with Crippen LogP contribution in [0.25, 0.3) is 0 Å². The number of ether oxygens (including phenoxy) is 2. The van der Waals surface area contributed by atoms with Gasteiger partial charge in [-0.25, -0.2) is 18.0 Å². The molecule has 0 spiro atoms. The molecule has 28 heavy (non-hydrogen) atoms. The van der Waals surface area contributed by atoms with Crippen LogP contribution in [0, 0.1) is 11.6 Å². The summed E-state index contributed by atoms with van der Waals surface area (Å²) < 4.78 is 56.7. The zero-order valence-corrected chi connectivity index (χ0v) is 17.1. The Hall–Kier alpha value is -2.30. The van der Waals surface area contributed by atoms with Gasteiger partial charge in [-0.05, 0) is 18.2 Å². The van der Waals surface area contributed by atoms with Crippen LogP contribution in [-0.4, -0.2) is 27.8 Å². The van der Waals surface area contributed by atoms with E-state index in [0.717, 1.165) is 17.6 Å². The molecule has 0 amide bonds. The fourth-order valence-electron chi connectivity index (χ4n) is 2.37. The summed E-state index contributed by atoms with van der Waals surface area (Å²) in [6.45, 7) is 0.0589. The van der Waals surface area contributed by atoms with Crippen LogP contribution in [0.3, 0.4) is 0 Å². The van der Waals surface area contributed by atoms with Crippen LogP contribution < -0.4 is 13.8 Å². The second-order valence-corrected chi connectivity index (χ2v) is 7.93. The van der Waals surface area contributed by atoms with E-state index in [1.807, 2.05) is 0 Å². The molecule has 11 heteroatoms. The summed E-state index contributed by atoms with van der Waals surface area (Å²) in [4.78, 5) is 3.79. The Balaban J connectivity index is 2.02. The standard InChI is InChI=1S/C17H14ClF2N3O3S2/c1-25-11-4-3-10(15(5-11)26-2)8-23(17-21-9-22-27-17)28(24)16-6-12(18)13(19)7-14(16)20/h3-7,9H,8H2,1-2H3. The van der Waals surface area contributed by atoms with Crippen molar-refractivity contribution in [1.82, 2.24) is 9.36 Å². The van der Waals surface area contributed by atoms with Crippen LogP contribution >= 0.6 is 23.1 Å². The largest absolute Gasteiger partial charge is 0.497 e. The predicted molar refractivity (Wildman–Crippen MR) is 103 cm³/mol. The summed E-state index contributed by atoms with van der Waals surface area (Å²) in [5.74, 6) is -0.834. The van der Waals surface area contributed by atoms with E-state index in [-0.39, 0.29) is 21.6 Å². The van der Waals surface area contributed by atoms with Gasteiger partial charge >= 0.3 is 0 Å². The number of methoxy groups -OCH3 is 2. The number of benzene rings is 2. The smallest absolute Gasteiger partial charge is 0.217 e. The molecule has 1 heterocycles. The van der Waals surface area contributed by atoms with Crippen molar-refractivity contribution >= 4 is 39.3 Å². The van der Waals surface area contributed by atoms with E-state index < -0.39 is 22.6 Å². The summed E-state index contributed by atoms with van der Waals surface area (Å²) in [5.41, 5.74) is 0.653. The number of hydrogen-bond acceptors (Lipinski definition) is 6. The first-order valence-electron chi connectivity index (χ1n) is 7.76. The van der Waals surface area contributed by atoms with Crippen molar-refractivity contribution < 1.29 is 22.5 Å². The second kappa shape index (κ2) is 8.80. The summed E-state index contributed by atoms with van der Waals surface area (Å²) in [6, 6.07) is 6.72. The maximum absolute atomic E-state index is 14.3. The lowest BCUT2D eigenvalue weighted by atomic mass is 10.2. The molecule has 6 nitrogen and oxygen atoms in total. The Labute approximate surface area is 171 Å². The molecule has 0 N–H and O–H groups in total. The second-order valence-electron chi connectivity index (χ2n) is 5.38. The SMILES string of the molecule is COc1ccc(CN(c2ncns2)S(=O)c2cc(Cl)c(F)cc2F)c(OC)c1. The number of aromatic nitrogens is 2. The molecule has 0 saturated carbocycles. The molecule has 1 aromatic heterocycles. The minimum Gasteiger partial charge on any atom is -0.497 e. The number of rotatable bonds is 7. The molecule has 2 aromatic carbocycles. The topological polar surface area (TPSA) is 64.5 Å². The monoisotopic (exact) mass is 445 g/mol. The van der Waals surface area contributed by atoms with Crippen LogP contribution in [0.1, 0.15) is 5.56 Å². The molecular weight excluding hydrogens is 432 g/mol. The van der Waals surface area contributed by atoms with Gasteiger partial charge in [0.1, 0.15) is 29.5 Å². The Bertz CT molecular complexity index is 1010. The number of hydrogen-bond donors (Lipinski definition) is 0. The molecule has 3 aromatic rings. The quantitative estimate of drug-likeness (QED) is 0.509. The van der Waals surface area contributed by atoms with Crippen molar-refractivity contribution in [3.8, 4) is 11.5 Å². The molecule has 0 saturated heterocycles. The molecule has 0 bridgehead atoms. The van der Waals surface area contributed by atoms with Crippen molar-refractivity contribution in [3.05, 3.63) is 58.9 Å². The highest BCUT2D eigenvalue weighted by Crippen LogP contribution is 2.31. The predicted octanol–water partition coefficient (Wildman–Crippen LogP) is 4.22. The number of anilines is 1. The molecule has 0 fully saturated rings. The molecule has 0 radical (unpaired) electrons. The van der Waals surface area contributed by atoms with Crippen LogP contribution in [0.4, 0.5) is 13.9 Å². The van der Waals surface area contributed by atoms with Crippen molar-refractivity contribution in [2.75, 3.05) is 18.5 Å². The normalized spacial score (nSPS) is 11.9. The Kier molecular flexibility index (Phi) is 6.42. The summed E-state index contributed by atoms with van der Waals surface area (Å²) in [6.07, 6.45) is 1.30. The third kappa shape index (κ3) is 4.23. The van der Waals surface area contributed by atoms with Crippen molar-refractivity contribution in [3.63, 3.8) is 0 Å². The molecule has 0 aliphatic carbocycles. The maximum atomic E-state index is 14.3. The van der Waals surface area contributed by atoms with Gasteiger partial charge in [-0.3, -0.25) is 4.31 Å². The van der Waals surface area contributed by atoms with Crippen LogP contribution in [0.5, 0.6) is 11.5 Å². The lowest BCUT2D eigenvalue weighted by Crippen LogP contribution is -2.26. The fraction of sp³-hybridized carbons (Fsp3) is 0.176.